The molecule has 0 spiro atoms. The van der Waals surface area contributed by atoms with Crippen LogP contribution in [0.15, 0.2) is 36.4 Å². The van der Waals surface area contributed by atoms with Crippen LogP contribution in [0.5, 0.6) is 11.5 Å². The van der Waals surface area contributed by atoms with E-state index in [1.807, 2.05) is 0 Å². The molecule has 0 radical (unpaired) electrons. The van der Waals surface area contributed by atoms with Gasteiger partial charge < -0.3 is 30.6 Å². The minimum Gasteiger partial charge on any atom is -0.507 e. The average molecular weight is 504 g/mol. The quantitative estimate of drug-likeness (QED) is 0.213. The van der Waals surface area contributed by atoms with Crippen molar-refractivity contribution >= 4 is 11.9 Å². The van der Waals surface area contributed by atoms with Crippen LogP contribution in [0.25, 0.3) is 0 Å². The Morgan fingerprint density at radius 1 is 0.667 bits per heavy atom. The van der Waals surface area contributed by atoms with Crippen molar-refractivity contribution in [2.45, 2.75) is 26.3 Å². The molecule has 6 N–H and O–H groups in total. The molecule has 0 unspecified atom stereocenters. The van der Waals surface area contributed by atoms with E-state index in [1.165, 1.54) is 9.80 Å². The number of nitrogens with zero attached hydrogens (tertiary/aromatic N) is 2. The van der Waals surface area contributed by atoms with E-state index < -0.39 is 11.9 Å². The molecule has 33 heavy (non-hydrogen) atoms. The van der Waals surface area contributed by atoms with Gasteiger partial charge >= 0.3 is 29.0 Å². The molecule has 10 nitrogen and oxygen atoms in total. The van der Waals surface area contributed by atoms with Gasteiger partial charge in [0.25, 0.3) is 0 Å². The molecular weight excluding hydrogens is 476 g/mol. The van der Waals surface area contributed by atoms with Gasteiger partial charge in [-0.25, -0.2) is 0 Å². The number of carboxylic acid groups (broad SMARTS) is 2. The maximum absolute atomic E-state index is 11.3. The average Bonchev–Trinajstić information content (AvgIpc) is 2.74. The van der Waals surface area contributed by atoms with Crippen LogP contribution in [0.4, 0.5) is 0 Å². The van der Waals surface area contributed by atoms with Gasteiger partial charge in [-0.2, -0.15) is 0 Å². The first-order valence-corrected chi connectivity index (χ1v) is 9.94. The Morgan fingerprint density at radius 2 is 1.00 bits per heavy atom. The maximum Gasteiger partial charge on any atom is 2.00 e. The maximum atomic E-state index is 11.3. The number of para-hydroxylation sites is 2. The second-order valence-electron chi connectivity index (χ2n) is 7.37. The van der Waals surface area contributed by atoms with E-state index >= 15 is 0 Å². The Balaban J connectivity index is 0.00000544. The summed E-state index contributed by atoms with van der Waals surface area (Å²) in [6.07, 6.45) is 0. The van der Waals surface area contributed by atoms with E-state index in [0.29, 0.717) is 22.3 Å². The van der Waals surface area contributed by atoms with E-state index in [2.05, 4.69) is 0 Å². The van der Waals surface area contributed by atoms with Crippen LogP contribution in [0, 0.1) is 0 Å². The smallest absolute Gasteiger partial charge is 0.507 e. The van der Waals surface area contributed by atoms with E-state index in [4.69, 9.17) is 0 Å². The predicted molar refractivity (Wildman–Crippen MR) is 114 cm³/mol. The summed E-state index contributed by atoms with van der Waals surface area (Å²) >= 11 is 0. The third-order valence-corrected chi connectivity index (χ3v) is 4.99. The number of aliphatic hydroxyl groups is 2. The van der Waals surface area contributed by atoms with Crippen LogP contribution in [0.1, 0.15) is 22.3 Å². The third-order valence-electron chi connectivity index (χ3n) is 4.99. The van der Waals surface area contributed by atoms with E-state index in [-0.39, 0.29) is 81.1 Å². The molecule has 0 saturated heterocycles. The molecule has 180 valence electrons. The van der Waals surface area contributed by atoms with Crippen LogP contribution < -0.4 is 0 Å². The van der Waals surface area contributed by atoms with Gasteiger partial charge in [-0.15, -0.1) is 0 Å². The number of hydrogen-bond donors (Lipinski definition) is 6. The predicted octanol–water partition coefficient (Wildman–Crippen LogP) is 0.553. The summed E-state index contributed by atoms with van der Waals surface area (Å²) in [4.78, 5) is 25.7. The van der Waals surface area contributed by atoms with Crippen molar-refractivity contribution in [3.05, 3.63) is 58.7 Å². The van der Waals surface area contributed by atoms with Gasteiger partial charge in [-0.05, 0) is 0 Å². The molecular formula is C22H28FeN2O8+2. The summed E-state index contributed by atoms with van der Waals surface area (Å²) in [6.45, 7) is -0.894. The van der Waals surface area contributed by atoms with Crippen molar-refractivity contribution in [2.75, 3.05) is 26.2 Å². The van der Waals surface area contributed by atoms with Crippen molar-refractivity contribution in [1.29, 1.82) is 0 Å². The molecule has 2 rings (SSSR count). The standard InChI is InChI=1S/C22H28N2O8.Fe/c25-13-17-5-1-3-15(21(17)31)9-23(11-19(27)28)7-8-24(12-20(29)30)10-16-4-2-6-18(14-26)22(16)32;/h1-6,25-26,31-32H,7-14H2,(H,27,28)(H,29,30);/q;+2. The molecule has 11 heteroatoms. The van der Waals surface area contributed by atoms with Gasteiger partial charge in [0.15, 0.2) is 0 Å². The van der Waals surface area contributed by atoms with Gasteiger partial charge in [0, 0.05) is 48.4 Å². The normalized spacial score (nSPS) is 10.9. The van der Waals surface area contributed by atoms with Crippen molar-refractivity contribution < 1.29 is 57.3 Å². The Hall–Kier alpha value is -2.66. The number of aliphatic carboxylic acids is 2. The Kier molecular flexibility index (Phi) is 11.9. The van der Waals surface area contributed by atoms with Crippen LogP contribution in [-0.2, 0) is 53.0 Å². The first kappa shape index (κ1) is 28.4. The van der Waals surface area contributed by atoms with Crippen molar-refractivity contribution in [3.8, 4) is 11.5 Å². The number of aromatic hydroxyl groups is 2. The fourth-order valence-corrected chi connectivity index (χ4v) is 3.37. The Morgan fingerprint density at radius 3 is 1.30 bits per heavy atom. The summed E-state index contributed by atoms with van der Waals surface area (Å²) in [5, 5.41) is 57.7. The van der Waals surface area contributed by atoms with Crippen molar-refractivity contribution in [3.63, 3.8) is 0 Å². The zero-order valence-electron chi connectivity index (χ0n) is 17.9. The van der Waals surface area contributed by atoms with E-state index in [9.17, 15) is 40.2 Å². The Bertz CT molecular complexity index is 865. The molecule has 0 aromatic heterocycles. The van der Waals surface area contributed by atoms with E-state index in [0.717, 1.165) is 0 Å². The zero-order valence-corrected chi connectivity index (χ0v) is 19.0. The number of aliphatic hydroxyl groups excluding tert-OH is 2. The molecule has 0 heterocycles. The Labute approximate surface area is 201 Å². The van der Waals surface area contributed by atoms with Crippen molar-refractivity contribution in [2.24, 2.45) is 0 Å². The van der Waals surface area contributed by atoms with Crippen LogP contribution in [0.3, 0.4) is 0 Å². The molecule has 0 saturated carbocycles. The SMILES string of the molecule is O=C(O)CN(CCN(CC(=O)O)Cc1cccc(CO)c1O)Cc1cccc(CO)c1O.[Fe+2]. The molecule has 2 aromatic carbocycles. The van der Waals surface area contributed by atoms with Gasteiger partial charge in [0.1, 0.15) is 11.5 Å². The first-order chi connectivity index (χ1) is 15.2. The molecule has 0 atom stereocenters. The van der Waals surface area contributed by atoms with Gasteiger partial charge in [0.05, 0.1) is 26.3 Å². The van der Waals surface area contributed by atoms with Crippen LogP contribution in [-0.4, -0.2) is 78.6 Å². The van der Waals surface area contributed by atoms with Crippen LogP contribution >= 0.6 is 0 Å². The number of hydrogen-bond acceptors (Lipinski definition) is 8. The summed E-state index contributed by atoms with van der Waals surface area (Å²) in [5.41, 5.74) is 1.53. The minimum absolute atomic E-state index is 0. The van der Waals surface area contributed by atoms with Crippen molar-refractivity contribution in [1.82, 2.24) is 9.80 Å². The molecule has 0 aliphatic rings. The largest absolute Gasteiger partial charge is 2.00 e. The topological polar surface area (TPSA) is 162 Å². The molecule has 2 aromatic rings. The number of phenols is 2. The summed E-state index contributed by atoms with van der Waals surface area (Å²) in [6, 6.07) is 9.65. The monoisotopic (exact) mass is 504 g/mol. The summed E-state index contributed by atoms with van der Waals surface area (Å²) in [5.74, 6) is -2.39. The second kappa shape index (κ2) is 13.8. The molecule has 0 aliphatic heterocycles. The van der Waals surface area contributed by atoms with E-state index in [1.54, 1.807) is 36.4 Å². The summed E-state index contributed by atoms with van der Waals surface area (Å²) < 4.78 is 0. The van der Waals surface area contributed by atoms with Gasteiger partial charge in [-0.3, -0.25) is 19.4 Å². The summed E-state index contributed by atoms with van der Waals surface area (Å²) in [7, 11) is 0. The molecule has 0 bridgehead atoms. The van der Waals surface area contributed by atoms with Gasteiger partial charge in [0.2, 0.25) is 0 Å². The molecule has 0 fully saturated rings. The third kappa shape index (κ3) is 8.65. The number of benzene rings is 2. The zero-order chi connectivity index (χ0) is 23.7. The fraction of sp³-hybridized carbons (Fsp3) is 0.364. The number of rotatable bonds is 13. The van der Waals surface area contributed by atoms with Gasteiger partial charge in [-0.1, -0.05) is 36.4 Å². The minimum atomic E-state index is -1.08. The van der Waals surface area contributed by atoms with Crippen LogP contribution in [0.2, 0.25) is 0 Å². The molecule has 0 aliphatic carbocycles. The second-order valence-corrected chi connectivity index (χ2v) is 7.37. The fourth-order valence-electron chi connectivity index (χ4n) is 3.37. The number of carboxylic acids is 2. The molecule has 0 amide bonds. The first-order valence-electron chi connectivity index (χ1n) is 9.94. The number of carbonyl (C=O) groups is 2.